The Balaban J connectivity index is 2.46. The van der Waals surface area contributed by atoms with Crippen LogP contribution in [0, 0.1) is 11.8 Å². The van der Waals surface area contributed by atoms with Crippen molar-refractivity contribution in [1.82, 2.24) is 0 Å². The van der Waals surface area contributed by atoms with E-state index in [1.807, 2.05) is 13.8 Å². The Morgan fingerprint density at radius 1 is 0.542 bits per heavy atom. The summed E-state index contributed by atoms with van der Waals surface area (Å²) in [5, 5.41) is 0. The quantitative estimate of drug-likeness (QED) is 0.505. The average Bonchev–Trinajstić information content (AvgIpc) is 2.53. The van der Waals surface area contributed by atoms with Gasteiger partial charge in [0, 0.05) is 12.8 Å². The minimum Gasteiger partial charge on any atom is -0.299 e. The van der Waals surface area contributed by atoms with Crippen molar-refractivity contribution in [3.8, 4) is 0 Å². The van der Waals surface area contributed by atoms with Gasteiger partial charge in [-0.3, -0.25) is 9.59 Å². The molecule has 0 spiro atoms. The van der Waals surface area contributed by atoms with E-state index in [0.717, 1.165) is 31.6 Å². The monoisotopic (exact) mass is 335 g/mol. The number of hydrogen-bond donors (Lipinski definition) is 0. The third-order valence-electron chi connectivity index (χ3n) is 5.32. The van der Waals surface area contributed by atoms with Gasteiger partial charge in [-0.2, -0.15) is 0 Å². The van der Waals surface area contributed by atoms with Crippen molar-refractivity contribution in [2.75, 3.05) is 0 Å². The summed E-state index contributed by atoms with van der Waals surface area (Å²) < 4.78 is 0. The average molecular weight is 336 g/mol. The number of ketones is 2. The number of Topliss-reactive ketones (excluding diaryl/α,β-unsaturated/α-hetero) is 2. The highest BCUT2D eigenvalue weighted by Crippen LogP contribution is 2.22. The van der Waals surface area contributed by atoms with Gasteiger partial charge < -0.3 is 0 Å². The second kappa shape index (κ2) is 13.6. The fourth-order valence-corrected chi connectivity index (χ4v) is 3.83. The van der Waals surface area contributed by atoms with Crippen LogP contribution >= 0.6 is 0 Å². The molecule has 0 bridgehead atoms. The topological polar surface area (TPSA) is 34.1 Å². The molecule has 2 heteroatoms. The molecule has 139 valence electrons. The van der Waals surface area contributed by atoms with Crippen LogP contribution in [0.1, 0.15) is 117 Å². The molecule has 1 rings (SSSR count). The number of carbonyl (C=O) groups excluding carboxylic acids is 2. The highest BCUT2D eigenvalue weighted by atomic mass is 16.1. The minimum atomic E-state index is -0.424. The number of carbonyl (C=O) groups is 2. The molecule has 0 aliphatic heterocycles. The van der Waals surface area contributed by atoms with Crippen molar-refractivity contribution in [1.29, 1.82) is 0 Å². The van der Waals surface area contributed by atoms with E-state index in [9.17, 15) is 9.59 Å². The third-order valence-corrected chi connectivity index (χ3v) is 5.32. The molecular formula is C22H39O2. The fraction of sp³-hybridized carbons (Fsp3) is 0.864. The summed E-state index contributed by atoms with van der Waals surface area (Å²) in [4.78, 5) is 24.9. The maximum absolute atomic E-state index is 12.5. The zero-order valence-corrected chi connectivity index (χ0v) is 16.2. The summed E-state index contributed by atoms with van der Waals surface area (Å²) >= 11 is 0. The van der Waals surface area contributed by atoms with Crippen LogP contribution in [0.5, 0.6) is 0 Å². The molecule has 0 amide bonds. The summed E-state index contributed by atoms with van der Waals surface area (Å²) in [6.45, 7) is 3.88. The Morgan fingerprint density at radius 3 is 1.04 bits per heavy atom. The van der Waals surface area contributed by atoms with Gasteiger partial charge >= 0.3 is 0 Å². The van der Waals surface area contributed by atoms with Crippen LogP contribution in [0.3, 0.4) is 0 Å². The molecule has 0 aromatic heterocycles. The second-order valence-corrected chi connectivity index (χ2v) is 7.89. The lowest BCUT2D eigenvalue weighted by atomic mass is 9.83. The first-order valence-electron chi connectivity index (χ1n) is 10.5. The summed E-state index contributed by atoms with van der Waals surface area (Å²) in [6, 6.07) is 0. The molecule has 0 aromatic carbocycles. The molecule has 1 saturated carbocycles. The molecule has 1 fully saturated rings. The lowest BCUT2D eigenvalue weighted by Gasteiger charge is -2.18. The highest BCUT2D eigenvalue weighted by Gasteiger charge is 2.28. The zero-order valence-electron chi connectivity index (χ0n) is 16.2. The Labute approximate surface area is 150 Å². The first-order valence-corrected chi connectivity index (χ1v) is 10.5. The zero-order chi connectivity index (χ0) is 17.6. The van der Waals surface area contributed by atoms with E-state index in [0.29, 0.717) is 12.8 Å². The molecule has 0 atom stereocenters. The van der Waals surface area contributed by atoms with E-state index in [1.165, 1.54) is 64.2 Å². The van der Waals surface area contributed by atoms with Crippen LogP contribution < -0.4 is 0 Å². The van der Waals surface area contributed by atoms with Crippen LogP contribution in [0.25, 0.3) is 0 Å². The number of hydrogen-bond acceptors (Lipinski definition) is 2. The Kier molecular flexibility index (Phi) is 12.1. The smallest absolute Gasteiger partial charge is 0.143 e. The first-order chi connectivity index (χ1) is 11.6. The lowest BCUT2D eigenvalue weighted by Crippen LogP contribution is -2.27. The molecule has 24 heavy (non-hydrogen) atoms. The number of rotatable bonds is 1. The Morgan fingerprint density at radius 2 is 0.792 bits per heavy atom. The van der Waals surface area contributed by atoms with Crippen molar-refractivity contribution in [2.45, 2.75) is 117 Å². The Bertz CT molecular complexity index is 316. The van der Waals surface area contributed by atoms with Gasteiger partial charge in [-0.05, 0) is 18.8 Å². The van der Waals surface area contributed by atoms with Crippen LogP contribution in [-0.4, -0.2) is 11.6 Å². The summed E-state index contributed by atoms with van der Waals surface area (Å²) in [5.74, 6) is 0.888. The molecule has 0 heterocycles. The summed E-state index contributed by atoms with van der Waals surface area (Å²) in [7, 11) is 0. The second-order valence-electron chi connectivity index (χ2n) is 7.89. The molecule has 0 unspecified atom stereocenters. The normalized spacial score (nSPS) is 22.8. The summed E-state index contributed by atoms with van der Waals surface area (Å²) in [6.07, 6.45) is 18.6. The van der Waals surface area contributed by atoms with E-state index >= 15 is 0 Å². The highest BCUT2D eigenvalue weighted by molar-refractivity contribution is 6.04. The molecule has 1 aliphatic carbocycles. The van der Waals surface area contributed by atoms with Gasteiger partial charge in [-0.15, -0.1) is 0 Å². The van der Waals surface area contributed by atoms with Crippen LogP contribution in [0.15, 0.2) is 0 Å². The van der Waals surface area contributed by atoms with E-state index in [1.54, 1.807) is 0 Å². The van der Waals surface area contributed by atoms with E-state index in [4.69, 9.17) is 0 Å². The van der Waals surface area contributed by atoms with Crippen LogP contribution in [0.4, 0.5) is 0 Å². The van der Waals surface area contributed by atoms with Gasteiger partial charge in [0.2, 0.25) is 0 Å². The van der Waals surface area contributed by atoms with Gasteiger partial charge in [0.15, 0.2) is 0 Å². The Hall–Kier alpha value is -0.660. The third kappa shape index (κ3) is 9.59. The molecule has 2 nitrogen and oxygen atoms in total. The molecule has 1 aliphatic rings. The van der Waals surface area contributed by atoms with Crippen molar-refractivity contribution in [2.24, 2.45) is 5.92 Å². The van der Waals surface area contributed by atoms with Gasteiger partial charge in [0.25, 0.3) is 0 Å². The van der Waals surface area contributed by atoms with Crippen molar-refractivity contribution in [3.05, 3.63) is 5.92 Å². The predicted octanol–water partition coefficient (Wildman–Crippen LogP) is 6.61. The first kappa shape index (κ1) is 21.4. The maximum atomic E-state index is 12.5. The van der Waals surface area contributed by atoms with Gasteiger partial charge in [-0.25, -0.2) is 0 Å². The predicted molar refractivity (Wildman–Crippen MR) is 102 cm³/mol. The molecule has 0 saturated heterocycles. The van der Waals surface area contributed by atoms with Gasteiger partial charge in [0.05, 0.1) is 5.92 Å². The van der Waals surface area contributed by atoms with Gasteiger partial charge in [0.1, 0.15) is 11.6 Å². The lowest BCUT2D eigenvalue weighted by molar-refractivity contribution is -0.132. The molecule has 0 N–H and O–H groups in total. The van der Waals surface area contributed by atoms with E-state index in [2.05, 4.69) is 0 Å². The standard InChI is InChI=1S/C22H39O2/c1-19(2)22-20(23)17-15-13-11-9-7-5-3-4-6-8-10-12-14-16-18-21(22)24/h22H,3-18H2,1-2H3. The molecule has 0 aromatic rings. The SMILES string of the molecule is C[C](C)C1C(=O)CCCCCCCCCCCCCCCCC1=O. The van der Waals surface area contributed by atoms with Crippen LogP contribution in [0.2, 0.25) is 0 Å². The van der Waals surface area contributed by atoms with E-state index in [-0.39, 0.29) is 11.6 Å². The summed E-state index contributed by atoms with van der Waals surface area (Å²) in [5.41, 5.74) is 0. The maximum Gasteiger partial charge on any atom is 0.143 e. The van der Waals surface area contributed by atoms with Crippen molar-refractivity contribution in [3.63, 3.8) is 0 Å². The molecular weight excluding hydrogens is 296 g/mol. The largest absolute Gasteiger partial charge is 0.299 e. The minimum absolute atomic E-state index is 0.165. The van der Waals surface area contributed by atoms with Crippen molar-refractivity contribution >= 4 is 11.6 Å². The molecule has 1 radical (unpaired) electrons. The fourth-order valence-electron chi connectivity index (χ4n) is 3.83. The van der Waals surface area contributed by atoms with Crippen molar-refractivity contribution < 1.29 is 9.59 Å². The van der Waals surface area contributed by atoms with Crippen LogP contribution in [-0.2, 0) is 9.59 Å². The van der Waals surface area contributed by atoms with E-state index < -0.39 is 5.92 Å². The van der Waals surface area contributed by atoms with Gasteiger partial charge in [-0.1, -0.05) is 90.9 Å².